The first-order valence-electron chi connectivity index (χ1n) is 5.38. The van der Waals surface area contributed by atoms with Crippen molar-refractivity contribution in [3.05, 3.63) is 33.1 Å². The summed E-state index contributed by atoms with van der Waals surface area (Å²) in [6.07, 6.45) is -0.285. The second-order valence-corrected chi connectivity index (χ2v) is 3.95. The van der Waals surface area contributed by atoms with E-state index in [2.05, 4.69) is 4.98 Å². The van der Waals surface area contributed by atoms with E-state index in [1.807, 2.05) is 0 Å². The molecule has 1 saturated heterocycles. The molecule has 17 heavy (non-hydrogen) atoms. The molecule has 1 fully saturated rings. The van der Waals surface area contributed by atoms with Gasteiger partial charge in [0.1, 0.15) is 12.3 Å². The summed E-state index contributed by atoms with van der Waals surface area (Å²) in [5.74, 6) is 0. The lowest BCUT2D eigenvalue weighted by atomic mass is 10.0. The van der Waals surface area contributed by atoms with Crippen LogP contribution < -0.4 is 11.2 Å². The molecule has 2 heterocycles. The van der Waals surface area contributed by atoms with Crippen molar-refractivity contribution in [3.8, 4) is 0 Å². The SMILES string of the molecule is O=c1cc[nH]c(=O)n1[C@@H]1CC[C@H](O)[C@@H](CO)O1. The van der Waals surface area contributed by atoms with Crippen molar-refractivity contribution in [1.29, 1.82) is 0 Å². The number of aromatic nitrogens is 2. The van der Waals surface area contributed by atoms with Crippen LogP contribution in [0.2, 0.25) is 0 Å². The largest absolute Gasteiger partial charge is 0.394 e. The third kappa shape index (κ3) is 2.31. The quantitative estimate of drug-likeness (QED) is 0.589. The zero-order valence-electron chi connectivity index (χ0n) is 9.07. The van der Waals surface area contributed by atoms with Crippen LogP contribution in [0.5, 0.6) is 0 Å². The molecule has 2 rings (SSSR count). The number of H-pyrrole nitrogens is 1. The average Bonchev–Trinajstić information content (AvgIpc) is 2.31. The molecule has 1 aromatic rings. The van der Waals surface area contributed by atoms with E-state index < -0.39 is 29.7 Å². The molecular weight excluding hydrogens is 228 g/mol. The highest BCUT2D eigenvalue weighted by Crippen LogP contribution is 2.24. The van der Waals surface area contributed by atoms with Gasteiger partial charge in [-0.2, -0.15) is 0 Å². The van der Waals surface area contributed by atoms with Crippen molar-refractivity contribution >= 4 is 0 Å². The minimum atomic E-state index is -0.769. The Bertz CT molecular complexity index is 466. The van der Waals surface area contributed by atoms with Crippen LogP contribution in [0, 0.1) is 0 Å². The van der Waals surface area contributed by atoms with Crippen LogP contribution in [-0.2, 0) is 4.74 Å². The first kappa shape index (κ1) is 12.0. The molecule has 0 aromatic carbocycles. The van der Waals surface area contributed by atoms with Crippen molar-refractivity contribution in [3.63, 3.8) is 0 Å². The molecule has 0 unspecified atom stereocenters. The minimum Gasteiger partial charge on any atom is -0.394 e. The van der Waals surface area contributed by atoms with Crippen molar-refractivity contribution in [1.82, 2.24) is 9.55 Å². The number of aromatic amines is 1. The number of rotatable bonds is 2. The van der Waals surface area contributed by atoms with Crippen LogP contribution in [0.25, 0.3) is 0 Å². The smallest absolute Gasteiger partial charge is 0.330 e. The second kappa shape index (κ2) is 4.82. The van der Waals surface area contributed by atoms with Gasteiger partial charge in [-0.15, -0.1) is 0 Å². The Hall–Kier alpha value is -1.44. The Kier molecular flexibility index (Phi) is 3.41. The summed E-state index contributed by atoms with van der Waals surface area (Å²) in [5.41, 5.74) is -1.03. The molecule has 1 aliphatic heterocycles. The lowest BCUT2D eigenvalue weighted by Crippen LogP contribution is -2.45. The fourth-order valence-electron chi connectivity index (χ4n) is 1.92. The monoisotopic (exact) mass is 242 g/mol. The summed E-state index contributed by atoms with van der Waals surface area (Å²) in [6, 6.07) is 1.23. The zero-order valence-corrected chi connectivity index (χ0v) is 9.07. The molecule has 3 atom stereocenters. The van der Waals surface area contributed by atoms with E-state index in [-0.39, 0.29) is 6.61 Å². The van der Waals surface area contributed by atoms with Crippen molar-refractivity contribution in [2.24, 2.45) is 0 Å². The standard InChI is InChI=1S/C10H14N2O5/c13-5-7-6(14)1-2-9(17-7)12-8(15)3-4-11-10(12)16/h3-4,6-7,9,13-14H,1-2,5H2,(H,11,16)/t6-,7+,9-/m0/s1. The molecular formula is C10H14N2O5. The van der Waals surface area contributed by atoms with Gasteiger partial charge in [0.15, 0.2) is 0 Å². The third-order valence-corrected chi connectivity index (χ3v) is 2.83. The number of hydrogen-bond acceptors (Lipinski definition) is 5. The van der Waals surface area contributed by atoms with Gasteiger partial charge < -0.3 is 19.9 Å². The van der Waals surface area contributed by atoms with E-state index in [0.29, 0.717) is 12.8 Å². The first-order chi connectivity index (χ1) is 8.13. The number of hydrogen-bond donors (Lipinski definition) is 3. The Labute approximate surface area is 96.3 Å². The highest BCUT2D eigenvalue weighted by atomic mass is 16.5. The third-order valence-electron chi connectivity index (χ3n) is 2.83. The lowest BCUT2D eigenvalue weighted by Gasteiger charge is -2.33. The molecule has 0 spiro atoms. The summed E-state index contributed by atoms with van der Waals surface area (Å²) in [7, 11) is 0. The molecule has 0 bridgehead atoms. The van der Waals surface area contributed by atoms with Gasteiger partial charge in [-0.05, 0) is 12.8 Å². The summed E-state index contributed by atoms with van der Waals surface area (Å²) in [6.45, 7) is -0.350. The molecule has 7 nitrogen and oxygen atoms in total. The van der Waals surface area contributed by atoms with Gasteiger partial charge >= 0.3 is 5.69 Å². The maximum absolute atomic E-state index is 11.6. The Morgan fingerprint density at radius 2 is 2.24 bits per heavy atom. The molecule has 0 aliphatic carbocycles. The fraction of sp³-hybridized carbons (Fsp3) is 0.600. The normalized spacial score (nSPS) is 29.2. The van der Waals surface area contributed by atoms with Crippen LogP contribution in [0.1, 0.15) is 19.1 Å². The highest BCUT2D eigenvalue weighted by Gasteiger charge is 2.31. The number of aliphatic hydroxyl groups is 2. The van der Waals surface area contributed by atoms with Crippen LogP contribution >= 0.6 is 0 Å². The Morgan fingerprint density at radius 1 is 1.47 bits per heavy atom. The van der Waals surface area contributed by atoms with Gasteiger partial charge in [-0.3, -0.25) is 4.79 Å². The molecule has 0 amide bonds. The van der Waals surface area contributed by atoms with Crippen molar-refractivity contribution in [2.45, 2.75) is 31.3 Å². The summed E-state index contributed by atoms with van der Waals surface area (Å²) >= 11 is 0. The van der Waals surface area contributed by atoms with Gasteiger partial charge in [-0.25, -0.2) is 9.36 Å². The molecule has 0 saturated carbocycles. The molecule has 3 N–H and O–H groups in total. The molecule has 1 aromatic heterocycles. The summed E-state index contributed by atoms with van der Waals surface area (Å²) in [5, 5.41) is 18.5. The molecule has 94 valence electrons. The van der Waals surface area contributed by atoms with Crippen LogP contribution in [0.4, 0.5) is 0 Å². The van der Waals surface area contributed by atoms with E-state index in [1.54, 1.807) is 0 Å². The Morgan fingerprint density at radius 3 is 2.88 bits per heavy atom. The van der Waals surface area contributed by atoms with Crippen LogP contribution in [0.15, 0.2) is 21.9 Å². The maximum atomic E-state index is 11.6. The van der Waals surface area contributed by atoms with Gasteiger partial charge in [0.25, 0.3) is 5.56 Å². The number of nitrogens with one attached hydrogen (secondary N) is 1. The predicted octanol–water partition coefficient (Wildman–Crippen LogP) is -1.43. The van der Waals surface area contributed by atoms with Gasteiger partial charge in [0.2, 0.25) is 0 Å². The predicted molar refractivity (Wildman–Crippen MR) is 57.6 cm³/mol. The van der Waals surface area contributed by atoms with E-state index in [4.69, 9.17) is 9.84 Å². The van der Waals surface area contributed by atoms with E-state index in [1.165, 1.54) is 12.3 Å². The van der Waals surface area contributed by atoms with E-state index in [9.17, 15) is 14.7 Å². The van der Waals surface area contributed by atoms with Gasteiger partial charge in [0, 0.05) is 12.3 Å². The van der Waals surface area contributed by atoms with E-state index >= 15 is 0 Å². The van der Waals surface area contributed by atoms with Crippen molar-refractivity contribution < 1.29 is 14.9 Å². The summed E-state index contributed by atoms with van der Waals surface area (Å²) in [4.78, 5) is 25.5. The number of nitrogens with zero attached hydrogens (tertiary/aromatic N) is 1. The summed E-state index contributed by atoms with van der Waals surface area (Å²) < 4.78 is 6.29. The van der Waals surface area contributed by atoms with E-state index in [0.717, 1.165) is 4.57 Å². The second-order valence-electron chi connectivity index (χ2n) is 3.95. The number of aliphatic hydroxyl groups excluding tert-OH is 2. The maximum Gasteiger partial charge on any atom is 0.330 e. The first-order valence-corrected chi connectivity index (χ1v) is 5.38. The van der Waals surface area contributed by atoms with Crippen molar-refractivity contribution in [2.75, 3.05) is 6.61 Å². The lowest BCUT2D eigenvalue weighted by molar-refractivity contribution is -0.161. The van der Waals surface area contributed by atoms with Crippen LogP contribution in [-0.4, -0.2) is 38.6 Å². The average molecular weight is 242 g/mol. The highest BCUT2D eigenvalue weighted by molar-refractivity contribution is 4.86. The fourth-order valence-corrected chi connectivity index (χ4v) is 1.92. The minimum absolute atomic E-state index is 0.350. The van der Waals surface area contributed by atoms with Gasteiger partial charge in [-0.1, -0.05) is 0 Å². The zero-order chi connectivity index (χ0) is 12.4. The molecule has 7 heteroatoms. The molecule has 0 radical (unpaired) electrons. The van der Waals surface area contributed by atoms with Crippen LogP contribution in [0.3, 0.4) is 0 Å². The Balaban J connectivity index is 2.30. The topological polar surface area (TPSA) is 105 Å². The van der Waals surface area contributed by atoms with Gasteiger partial charge in [0.05, 0.1) is 12.7 Å². The number of ether oxygens (including phenoxy) is 1. The molecule has 1 aliphatic rings.